The molecule has 1 atom stereocenters. The van der Waals surface area contributed by atoms with Gasteiger partial charge in [0.15, 0.2) is 11.6 Å². The van der Waals surface area contributed by atoms with Gasteiger partial charge in [0.25, 0.3) is 0 Å². The average Bonchev–Trinajstić information content (AvgIpc) is 2.89. The maximum absolute atomic E-state index is 13.3. The Morgan fingerprint density at radius 1 is 1.30 bits per heavy atom. The highest BCUT2D eigenvalue weighted by Crippen LogP contribution is 2.27. The largest absolute Gasteiger partial charge is 0.433 e. The van der Waals surface area contributed by atoms with Gasteiger partial charge in [-0.25, -0.2) is 8.78 Å². The normalized spacial score (nSPS) is 12.3. The zero-order valence-electron chi connectivity index (χ0n) is 10.6. The Morgan fingerprint density at radius 2 is 2.05 bits per heavy atom. The Balaban J connectivity index is 2.38. The van der Waals surface area contributed by atoms with Crippen LogP contribution in [0.2, 0.25) is 0 Å². The topological polar surface area (TPSA) is 68.3 Å². The molecule has 7 heteroatoms. The zero-order valence-corrected chi connectivity index (χ0v) is 10.6. The molecule has 2 aromatic rings. The summed E-state index contributed by atoms with van der Waals surface area (Å²) in [5.41, 5.74) is 0.426. The molecule has 0 saturated heterocycles. The molecule has 1 heterocycles. The molecule has 0 aliphatic carbocycles. The first-order valence-electron chi connectivity index (χ1n) is 5.95. The summed E-state index contributed by atoms with van der Waals surface area (Å²) in [6.45, 7) is 2.35. The van der Waals surface area contributed by atoms with Crippen molar-refractivity contribution in [3.8, 4) is 0 Å². The average molecular weight is 282 g/mol. The van der Waals surface area contributed by atoms with E-state index in [2.05, 4.69) is 5.32 Å². The SMILES string of the molecule is CCNC(c1ccc(F)c(F)c1)c1ccc([N+](=O)[O-])o1. The monoisotopic (exact) mass is 282 g/mol. The van der Waals surface area contributed by atoms with E-state index < -0.39 is 28.5 Å². The fourth-order valence-electron chi connectivity index (χ4n) is 1.87. The van der Waals surface area contributed by atoms with Crippen molar-refractivity contribution in [1.82, 2.24) is 5.32 Å². The number of furan rings is 1. The van der Waals surface area contributed by atoms with E-state index in [0.717, 1.165) is 12.1 Å². The Hall–Kier alpha value is -2.28. The Labute approximate surface area is 113 Å². The molecule has 0 fully saturated rings. The van der Waals surface area contributed by atoms with Crippen LogP contribution < -0.4 is 5.32 Å². The Bertz CT molecular complexity index is 628. The molecular formula is C13H12F2N2O3. The van der Waals surface area contributed by atoms with E-state index in [1.54, 1.807) is 0 Å². The number of nitrogens with zero attached hydrogens (tertiary/aromatic N) is 1. The third kappa shape index (κ3) is 2.83. The van der Waals surface area contributed by atoms with E-state index in [1.807, 2.05) is 6.92 Å². The number of rotatable bonds is 5. The van der Waals surface area contributed by atoms with Crippen molar-refractivity contribution < 1.29 is 18.1 Å². The minimum absolute atomic E-state index is 0.268. The highest BCUT2D eigenvalue weighted by molar-refractivity contribution is 5.30. The van der Waals surface area contributed by atoms with Crippen LogP contribution in [-0.2, 0) is 0 Å². The quantitative estimate of drug-likeness (QED) is 0.675. The molecule has 1 aromatic carbocycles. The van der Waals surface area contributed by atoms with E-state index in [1.165, 1.54) is 18.2 Å². The minimum atomic E-state index is -0.980. The van der Waals surface area contributed by atoms with Gasteiger partial charge in [-0.15, -0.1) is 0 Å². The second-order valence-corrected chi connectivity index (χ2v) is 4.10. The first kappa shape index (κ1) is 14.1. The lowest BCUT2D eigenvalue weighted by Crippen LogP contribution is -2.21. The molecule has 1 unspecified atom stereocenters. The molecule has 2 rings (SSSR count). The fraction of sp³-hybridized carbons (Fsp3) is 0.231. The van der Waals surface area contributed by atoms with E-state index in [-0.39, 0.29) is 5.76 Å². The molecule has 0 spiro atoms. The summed E-state index contributed by atoms with van der Waals surface area (Å²) in [6, 6.07) is 5.53. The van der Waals surface area contributed by atoms with E-state index in [9.17, 15) is 18.9 Å². The van der Waals surface area contributed by atoms with Crippen LogP contribution in [0, 0.1) is 21.7 Å². The standard InChI is InChI=1S/C13H12F2N2O3/c1-2-16-13(8-3-4-9(14)10(15)7-8)11-5-6-12(20-11)17(18)19/h3-7,13,16H,2H2,1H3. The Kier molecular flexibility index (Phi) is 4.09. The smallest absolute Gasteiger partial charge is 0.404 e. The van der Waals surface area contributed by atoms with E-state index in [0.29, 0.717) is 12.1 Å². The van der Waals surface area contributed by atoms with E-state index >= 15 is 0 Å². The molecule has 5 nitrogen and oxygen atoms in total. The molecule has 1 N–H and O–H groups in total. The molecule has 0 aliphatic heterocycles. The molecular weight excluding hydrogens is 270 g/mol. The second-order valence-electron chi connectivity index (χ2n) is 4.10. The molecule has 0 amide bonds. The summed E-state index contributed by atoms with van der Waals surface area (Å²) < 4.78 is 31.3. The van der Waals surface area contributed by atoms with Crippen LogP contribution in [0.15, 0.2) is 34.7 Å². The molecule has 106 valence electrons. The summed E-state index contributed by atoms with van der Waals surface area (Å²) in [5.74, 6) is -2.06. The van der Waals surface area contributed by atoms with Crippen LogP contribution in [0.5, 0.6) is 0 Å². The van der Waals surface area contributed by atoms with Gasteiger partial charge in [0.05, 0.1) is 12.1 Å². The van der Waals surface area contributed by atoms with Gasteiger partial charge in [0, 0.05) is 0 Å². The van der Waals surface area contributed by atoms with Gasteiger partial charge in [-0.05, 0) is 30.3 Å². The second kappa shape index (κ2) is 5.79. The summed E-state index contributed by atoms with van der Waals surface area (Å²) in [4.78, 5) is 9.96. The van der Waals surface area contributed by atoms with Crippen molar-refractivity contribution in [1.29, 1.82) is 0 Å². The first-order valence-corrected chi connectivity index (χ1v) is 5.95. The molecule has 20 heavy (non-hydrogen) atoms. The third-order valence-electron chi connectivity index (χ3n) is 2.76. The van der Waals surface area contributed by atoms with Crippen molar-refractivity contribution in [2.45, 2.75) is 13.0 Å². The van der Waals surface area contributed by atoms with Crippen molar-refractivity contribution in [3.05, 3.63) is 63.4 Å². The number of hydrogen-bond donors (Lipinski definition) is 1. The molecule has 1 aromatic heterocycles. The van der Waals surface area contributed by atoms with Gasteiger partial charge in [-0.1, -0.05) is 13.0 Å². The number of nitrogens with one attached hydrogen (secondary N) is 1. The summed E-state index contributed by atoms with van der Waals surface area (Å²) in [7, 11) is 0. The van der Waals surface area contributed by atoms with Crippen LogP contribution in [0.25, 0.3) is 0 Å². The first-order chi connectivity index (χ1) is 9.52. The predicted molar refractivity (Wildman–Crippen MR) is 67.2 cm³/mol. The lowest BCUT2D eigenvalue weighted by atomic mass is 10.0. The van der Waals surface area contributed by atoms with Gasteiger partial charge >= 0.3 is 5.88 Å². The van der Waals surface area contributed by atoms with Crippen molar-refractivity contribution in [2.75, 3.05) is 6.54 Å². The number of benzene rings is 1. The maximum atomic E-state index is 13.3. The molecule has 0 radical (unpaired) electrons. The summed E-state index contributed by atoms with van der Waals surface area (Å²) >= 11 is 0. The van der Waals surface area contributed by atoms with Gasteiger partial charge < -0.3 is 9.73 Å². The Morgan fingerprint density at radius 3 is 2.60 bits per heavy atom. The van der Waals surface area contributed by atoms with Crippen molar-refractivity contribution >= 4 is 5.88 Å². The number of halogens is 2. The van der Waals surface area contributed by atoms with Gasteiger partial charge in [-0.3, -0.25) is 10.1 Å². The predicted octanol–water partition coefficient (Wildman–Crippen LogP) is 3.16. The molecule has 0 bridgehead atoms. The van der Waals surface area contributed by atoms with Gasteiger partial charge in [0.1, 0.15) is 10.7 Å². The van der Waals surface area contributed by atoms with Gasteiger partial charge in [-0.2, -0.15) is 0 Å². The summed E-state index contributed by atoms with van der Waals surface area (Å²) in [5, 5.41) is 13.6. The van der Waals surface area contributed by atoms with Crippen LogP contribution in [0.4, 0.5) is 14.7 Å². The van der Waals surface area contributed by atoms with Gasteiger partial charge in [0.2, 0.25) is 0 Å². The maximum Gasteiger partial charge on any atom is 0.433 e. The number of hydrogen-bond acceptors (Lipinski definition) is 4. The zero-order chi connectivity index (χ0) is 14.7. The lowest BCUT2D eigenvalue weighted by molar-refractivity contribution is -0.402. The fourth-order valence-corrected chi connectivity index (χ4v) is 1.87. The van der Waals surface area contributed by atoms with Crippen molar-refractivity contribution in [3.63, 3.8) is 0 Å². The van der Waals surface area contributed by atoms with Crippen LogP contribution >= 0.6 is 0 Å². The van der Waals surface area contributed by atoms with Crippen LogP contribution in [0.3, 0.4) is 0 Å². The summed E-state index contributed by atoms with van der Waals surface area (Å²) in [6.07, 6.45) is 0. The van der Waals surface area contributed by atoms with Crippen LogP contribution in [0.1, 0.15) is 24.3 Å². The third-order valence-corrected chi connectivity index (χ3v) is 2.76. The molecule has 0 aliphatic rings. The number of nitro groups is 1. The highest BCUT2D eigenvalue weighted by Gasteiger charge is 2.21. The minimum Gasteiger partial charge on any atom is -0.404 e. The van der Waals surface area contributed by atoms with Crippen molar-refractivity contribution in [2.24, 2.45) is 0 Å². The lowest BCUT2D eigenvalue weighted by Gasteiger charge is -2.15. The van der Waals surface area contributed by atoms with Crippen LogP contribution in [-0.4, -0.2) is 11.5 Å². The van der Waals surface area contributed by atoms with E-state index in [4.69, 9.17) is 4.42 Å². The molecule has 0 saturated carbocycles. The highest BCUT2D eigenvalue weighted by atomic mass is 19.2.